The van der Waals surface area contributed by atoms with Crippen LogP contribution < -0.4 is 5.32 Å². The first kappa shape index (κ1) is 16.3. The number of hydrogen-bond donors (Lipinski definition) is 1. The molecule has 0 aromatic heterocycles. The molecule has 1 saturated carbocycles. The molecule has 4 nitrogen and oxygen atoms in total. The molecule has 2 aliphatic rings. The second kappa shape index (κ2) is 5.98. The van der Waals surface area contributed by atoms with Crippen LogP contribution in [0.2, 0.25) is 0 Å². The molecule has 2 amide bonds. The summed E-state index contributed by atoms with van der Waals surface area (Å²) in [5, 5.41) is 2.97. The lowest BCUT2D eigenvalue weighted by Crippen LogP contribution is -2.67. The molecule has 1 aliphatic carbocycles. The van der Waals surface area contributed by atoms with Gasteiger partial charge in [-0.15, -0.1) is 0 Å². The fraction of sp³-hybridized carbons (Fsp3) is 0.882. The van der Waals surface area contributed by atoms with E-state index in [4.69, 9.17) is 0 Å². The smallest absolute Gasteiger partial charge is 0.246 e. The van der Waals surface area contributed by atoms with E-state index in [0.29, 0.717) is 11.8 Å². The summed E-state index contributed by atoms with van der Waals surface area (Å²) < 4.78 is 0. The molecule has 1 heterocycles. The summed E-state index contributed by atoms with van der Waals surface area (Å²) in [7, 11) is 0. The third kappa shape index (κ3) is 3.58. The van der Waals surface area contributed by atoms with Crippen molar-refractivity contribution >= 4 is 11.8 Å². The molecular formula is C17H30N2O2. The largest absolute Gasteiger partial charge is 0.342 e. The topological polar surface area (TPSA) is 49.4 Å². The molecule has 1 N–H and O–H groups in total. The number of nitrogens with zero attached hydrogens (tertiary/aromatic N) is 1. The van der Waals surface area contributed by atoms with Crippen LogP contribution in [0.25, 0.3) is 0 Å². The molecular weight excluding hydrogens is 264 g/mol. The van der Waals surface area contributed by atoms with E-state index in [2.05, 4.69) is 19.2 Å². The fourth-order valence-electron chi connectivity index (χ4n) is 3.20. The summed E-state index contributed by atoms with van der Waals surface area (Å²) in [6.45, 7) is 11.0. The fourth-order valence-corrected chi connectivity index (χ4v) is 3.20. The Hall–Kier alpha value is -1.06. The average Bonchev–Trinajstić information content (AvgIpc) is 2.28. The van der Waals surface area contributed by atoms with Gasteiger partial charge < -0.3 is 10.2 Å². The molecule has 120 valence electrons. The molecule has 4 heteroatoms. The van der Waals surface area contributed by atoms with Crippen LogP contribution in [0.3, 0.4) is 0 Å². The molecule has 2 fully saturated rings. The number of amides is 2. The minimum atomic E-state index is -0.395. The Morgan fingerprint density at radius 3 is 2.29 bits per heavy atom. The zero-order valence-electron chi connectivity index (χ0n) is 14.1. The number of carbonyl (C=O) groups is 2. The predicted octanol–water partition coefficient (Wildman–Crippen LogP) is 2.57. The first-order valence-electron chi connectivity index (χ1n) is 8.31. The first-order chi connectivity index (χ1) is 9.70. The Kier molecular flexibility index (Phi) is 4.64. The summed E-state index contributed by atoms with van der Waals surface area (Å²) in [4.78, 5) is 27.3. The average molecular weight is 294 g/mol. The van der Waals surface area contributed by atoms with Gasteiger partial charge in [0.25, 0.3) is 0 Å². The lowest BCUT2D eigenvalue weighted by molar-refractivity contribution is -0.154. The van der Waals surface area contributed by atoms with Crippen molar-refractivity contribution in [3.05, 3.63) is 0 Å². The van der Waals surface area contributed by atoms with Crippen LogP contribution in [0, 0.1) is 17.3 Å². The molecule has 0 spiro atoms. The Morgan fingerprint density at radius 2 is 1.86 bits per heavy atom. The maximum atomic E-state index is 12.9. The van der Waals surface area contributed by atoms with Gasteiger partial charge in [-0.2, -0.15) is 0 Å². The molecule has 0 aromatic carbocycles. The molecule has 2 rings (SSSR count). The standard InChI is InChI=1S/C17H30N2O2/c1-11(2)9-13-15(20)18-14(17(3,4)5)16(21)19(13)10-12-7-6-8-12/h11-14H,6-10H2,1-5H3,(H,18,20). The highest BCUT2D eigenvalue weighted by atomic mass is 16.2. The monoisotopic (exact) mass is 294 g/mol. The number of nitrogens with one attached hydrogen (secondary N) is 1. The van der Waals surface area contributed by atoms with Crippen molar-refractivity contribution in [1.29, 1.82) is 0 Å². The van der Waals surface area contributed by atoms with Crippen LogP contribution in [0.1, 0.15) is 60.3 Å². The molecule has 2 unspecified atom stereocenters. The van der Waals surface area contributed by atoms with Crippen molar-refractivity contribution in [2.45, 2.75) is 72.4 Å². The predicted molar refractivity (Wildman–Crippen MR) is 83.7 cm³/mol. The second-order valence-electron chi connectivity index (χ2n) is 8.24. The number of piperazine rings is 1. The van der Waals surface area contributed by atoms with Gasteiger partial charge in [-0.3, -0.25) is 9.59 Å². The van der Waals surface area contributed by atoms with Crippen LogP contribution in [0.5, 0.6) is 0 Å². The number of rotatable bonds is 4. The summed E-state index contributed by atoms with van der Waals surface area (Å²) in [5.74, 6) is 1.14. The van der Waals surface area contributed by atoms with Gasteiger partial charge in [0.1, 0.15) is 12.1 Å². The SMILES string of the molecule is CC(C)CC1C(=O)NC(C(C)(C)C)C(=O)N1CC1CCC1. The van der Waals surface area contributed by atoms with Crippen molar-refractivity contribution in [3.63, 3.8) is 0 Å². The van der Waals surface area contributed by atoms with E-state index in [-0.39, 0.29) is 23.3 Å². The summed E-state index contributed by atoms with van der Waals surface area (Å²) in [6, 6.07) is -0.676. The quantitative estimate of drug-likeness (QED) is 0.866. The van der Waals surface area contributed by atoms with Crippen LogP contribution in [0.4, 0.5) is 0 Å². The lowest BCUT2D eigenvalue weighted by atomic mass is 9.81. The van der Waals surface area contributed by atoms with Crippen molar-refractivity contribution in [2.24, 2.45) is 17.3 Å². The van der Waals surface area contributed by atoms with Crippen LogP contribution in [-0.4, -0.2) is 35.3 Å². The number of hydrogen-bond acceptors (Lipinski definition) is 2. The minimum absolute atomic E-state index is 0.0301. The molecule has 21 heavy (non-hydrogen) atoms. The van der Waals surface area contributed by atoms with E-state index in [1.165, 1.54) is 19.3 Å². The molecule has 1 aliphatic heterocycles. The highest BCUT2D eigenvalue weighted by Crippen LogP contribution is 2.32. The van der Waals surface area contributed by atoms with Crippen LogP contribution >= 0.6 is 0 Å². The second-order valence-corrected chi connectivity index (χ2v) is 8.24. The van der Waals surface area contributed by atoms with Gasteiger partial charge in [0.05, 0.1) is 0 Å². The summed E-state index contributed by atoms with van der Waals surface area (Å²) in [6.07, 6.45) is 4.40. The Labute approximate surface area is 128 Å². The van der Waals surface area contributed by atoms with Gasteiger partial charge in [-0.1, -0.05) is 41.0 Å². The molecule has 0 bridgehead atoms. The Bertz CT molecular complexity index is 408. The lowest BCUT2D eigenvalue weighted by Gasteiger charge is -2.45. The van der Waals surface area contributed by atoms with E-state index in [0.717, 1.165) is 13.0 Å². The third-order valence-corrected chi connectivity index (χ3v) is 4.74. The summed E-state index contributed by atoms with van der Waals surface area (Å²) >= 11 is 0. The molecule has 2 atom stereocenters. The van der Waals surface area contributed by atoms with Crippen LogP contribution in [0.15, 0.2) is 0 Å². The van der Waals surface area contributed by atoms with Crippen molar-refractivity contribution < 1.29 is 9.59 Å². The number of carbonyl (C=O) groups excluding carboxylic acids is 2. The van der Waals surface area contributed by atoms with Crippen molar-refractivity contribution in [3.8, 4) is 0 Å². The van der Waals surface area contributed by atoms with E-state index < -0.39 is 6.04 Å². The van der Waals surface area contributed by atoms with Crippen molar-refractivity contribution in [1.82, 2.24) is 10.2 Å². The zero-order valence-corrected chi connectivity index (χ0v) is 14.1. The maximum Gasteiger partial charge on any atom is 0.246 e. The normalized spacial score (nSPS) is 27.8. The zero-order chi connectivity index (χ0) is 15.8. The Morgan fingerprint density at radius 1 is 1.24 bits per heavy atom. The van der Waals surface area contributed by atoms with Gasteiger partial charge >= 0.3 is 0 Å². The van der Waals surface area contributed by atoms with E-state index >= 15 is 0 Å². The van der Waals surface area contributed by atoms with E-state index in [9.17, 15) is 9.59 Å². The first-order valence-corrected chi connectivity index (χ1v) is 8.31. The molecule has 1 saturated heterocycles. The summed E-state index contributed by atoms with van der Waals surface area (Å²) in [5.41, 5.74) is -0.243. The highest BCUT2D eigenvalue weighted by molar-refractivity contribution is 5.97. The molecule has 0 radical (unpaired) electrons. The van der Waals surface area contributed by atoms with Gasteiger partial charge in [0, 0.05) is 6.54 Å². The van der Waals surface area contributed by atoms with Gasteiger partial charge in [-0.25, -0.2) is 0 Å². The third-order valence-electron chi connectivity index (χ3n) is 4.74. The highest BCUT2D eigenvalue weighted by Gasteiger charge is 2.45. The molecule has 0 aromatic rings. The van der Waals surface area contributed by atoms with E-state index in [1.54, 1.807) is 0 Å². The van der Waals surface area contributed by atoms with Gasteiger partial charge in [0.15, 0.2) is 0 Å². The van der Waals surface area contributed by atoms with Crippen molar-refractivity contribution in [2.75, 3.05) is 6.54 Å². The maximum absolute atomic E-state index is 12.9. The van der Waals surface area contributed by atoms with Crippen LogP contribution in [-0.2, 0) is 9.59 Å². The Balaban J connectivity index is 2.20. The minimum Gasteiger partial charge on any atom is -0.342 e. The van der Waals surface area contributed by atoms with E-state index in [1.807, 2.05) is 25.7 Å². The van der Waals surface area contributed by atoms with Gasteiger partial charge in [0.2, 0.25) is 11.8 Å². The van der Waals surface area contributed by atoms with Gasteiger partial charge in [-0.05, 0) is 36.5 Å².